The summed E-state index contributed by atoms with van der Waals surface area (Å²) in [6, 6.07) is 24.0. The maximum atomic E-state index is 14.4. The van der Waals surface area contributed by atoms with Crippen molar-refractivity contribution >= 4 is 16.9 Å². The van der Waals surface area contributed by atoms with E-state index in [0.717, 1.165) is 59.1 Å². The van der Waals surface area contributed by atoms with Crippen LogP contribution in [0.15, 0.2) is 91.1 Å². The van der Waals surface area contributed by atoms with Crippen molar-refractivity contribution < 1.29 is 23.1 Å². The van der Waals surface area contributed by atoms with Gasteiger partial charge in [-0.25, -0.2) is 13.6 Å². The van der Waals surface area contributed by atoms with Crippen LogP contribution in [-0.2, 0) is 16.0 Å². The van der Waals surface area contributed by atoms with Gasteiger partial charge in [-0.1, -0.05) is 71.6 Å². The first kappa shape index (κ1) is 27.7. The van der Waals surface area contributed by atoms with E-state index in [1.165, 1.54) is 5.56 Å². The summed E-state index contributed by atoms with van der Waals surface area (Å²) >= 11 is 0. The van der Waals surface area contributed by atoms with Crippen molar-refractivity contribution in [2.75, 3.05) is 32.8 Å². The van der Waals surface area contributed by atoms with Gasteiger partial charge < -0.3 is 9.57 Å². The molecule has 0 saturated carbocycles. The van der Waals surface area contributed by atoms with E-state index in [1.807, 2.05) is 42.5 Å². The fraction of sp³-hybridized carbons (Fsp3) is 0.312. The molecule has 0 bridgehead atoms. The summed E-state index contributed by atoms with van der Waals surface area (Å²) in [6.45, 7) is 3.83. The van der Waals surface area contributed by atoms with Gasteiger partial charge in [0.2, 0.25) is 0 Å². The van der Waals surface area contributed by atoms with E-state index in [0.29, 0.717) is 37.6 Å². The Hall–Kier alpha value is -3.88. The van der Waals surface area contributed by atoms with E-state index >= 15 is 0 Å². The number of morpholine rings is 1. The third-order valence-corrected chi connectivity index (χ3v) is 7.10. The van der Waals surface area contributed by atoms with Crippen molar-refractivity contribution in [1.82, 2.24) is 14.8 Å². The van der Waals surface area contributed by atoms with E-state index in [2.05, 4.69) is 34.3 Å². The highest BCUT2D eigenvalue weighted by Gasteiger charge is 2.25. The first-order chi connectivity index (χ1) is 19.5. The van der Waals surface area contributed by atoms with Crippen LogP contribution in [0, 0.1) is 0 Å². The molecule has 6 nitrogen and oxygen atoms in total. The quantitative estimate of drug-likeness (QED) is 0.172. The molecule has 8 heteroatoms. The lowest BCUT2D eigenvalue weighted by molar-refractivity contribution is -0.139. The summed E-state index contributed by atoms with van der Waals surface area (Å²) in [5.74, 6) is -4.00. The second kappa shape index (κ2) is 13.0. The average molecular weight is 546 g/mol. The molecule has 208 valence electrons. The lowest BCUT2D eigenvalue weighted by Gasteiger charge is -2.26. The van der Waals surface area contributed by atoms with Gasteiger partial charge in [-0.05, 0) is 60.2 Å². The fourth-order valence-electron chi connectivity index (χ4n) is 5.00. The number of carbonyl (C=O) groups is 1. The van der Waals surface area contributed by atoms with Crippen LogP contribution < -0.4 is 4.84 Å². The molecule has 2 heterocycles. The molecule has 0 unspecified atom stereocenters. The largest absolute Gasteiger partial charge is 0.379 e. The molecule has 3 aromatic carbocycles. The number of allylic oxidation sites excluding steroid dienone is 1. The number of hydrogen-bond acceptors (Lipinski definition) is 5. The lowest BCUT2D eigenvalue weighted by Crippen LogP contribution is -2.36. The van der Waals surface area contributed by atoms with Crippen LogP contribution in [0.25, 0.3) is 22.0 Å². The van der Waals surface area contributed by atoms with Gasteiger partial charge in [0.05, 0.1) is 19.4 Å². The number of unbranched alkanes of at least 4 members (excludes halogenated alkanes) is 1. The van der Waals surface area contributed by atoms with E-state index < -0.39 is 11.9 Å². The molecule has 4 aromatic rings. The predicted octanol–water partition coefficient (Wildman–Crippen LogP) is 5.94. The van der Waals surface area contributed by atoms with Gasteiger partial charge >= 0.3 is 5.97 Å². The number of fused-ring (bicyclic) bond motifs is 1. The van der Waals surface area contributed by atoms with Crippen LogP contribution in [0.1, 0.15) is 30.4 Å². The molecule has 1 aliphatic rings. The van der Waals surface area contributed by atoms with Crippen LogP contribution in [0.2, 0.25) is 0 Å². The average Bonchev–Trinajstić information content (AvgIpc) is 3.39. The normalized spacial score (nSPS) is 14.7. The summed E-state index contributed by atoms with van der Waals surface area (Å²) in [7, 11) is 0. The summed E-state index contributed by atoms with van der Waals surface area (Å²) in [5, 5.41) is 5.02. The zero-order chi connectivity index (χ0) is 27.8. The van der Waals surface area contributed by atoms with Gasteiger partial charge in [-0.2, -0.15) is 0 Å². The molecule has 5 rings (SSSR count). The second-order valence-electron chi connectivity index (χ2n) is 9.99. The Balaban J connectivity index is 1.23. The molecular weight excluding hydrogens is 512 g/mol. The summed E-state index contributed by atoms with van der Waals surface area (Å²) < 4.78 is 34.0. The molecule has 0 aliphatic carbocycles. The molecule has 0 radical (unpaired) electrons. The highest BCUT2D eigenvalue weighted by atomic mass is 19.3. The standard InChI is InChI=1S/C32H33F2N3O3/c33-32(34,16-6-7-18-36-19-21-39-22-20-36)17-15-31(38)40-37-30-14-8-13-28(29(30)24-35-37)27-12-5-4-11-26(27)23-25-9-2-1-3-10-25/h1-5,8-15,17,24H,6-7,16,18-23H2. The number of nitrogens with zero attached hydrogens (tertiary/aromatic N) is 3. The van der Waals surface area contributed by atoms with Crippen molar-refractivity contribution in [2.45, 2.75) is 31.6 Å². The fourth-order valence-corrected chi connectivity index (χ4v) is 5.00. The smallest absolute Gasteiger partial charge is 0.358 e. The minimum absolute atomic E-state index is 0.322. The molecule has 0 spiro atoms. The maximum Gasteiger partial charge on any atom is 0.358 e. The number of carbonyl (C=O) groups excluding carboxylic acids is 1. The highest BCUT2D eigenvalue weighted by molar-refractivity contribution is 5.95. The summed E-state index contributed by atoms with van der Waals surface area (Å²) in [5.41, 5.74) is 4.93. The number of alkyl halides is 2. The predicted molar refractivity (Wildman–Crippen MR) is 151 cm³/mol. The van der Waals surface area contributed by atoms with Crippen molar-refractivity contribution in [2.24, 2.45) is 0 Å². The van der Waals surface area contributed by atoms with Crippen molar-refractivity contribution in [3.63, 3.8) is 0 Å². The number of hydrogen-bond donors (Lipinski definition) is 0. The highest BCUT2D eigenvalue weighted by Crippen LogP contribution is 2.32. The molecule has 0 amide bonds. The Morgan fingerprint density at radius 1 is 0.950 bits per heavy atom. The van der Waals surface area contributed by atoms with Gasteiger partial charge in [0.15, 0.2) is 0 Å². The Bertz CT molecular complexity index is 1450. The van der Waals surface area contributed by atoms with Crippen LogP contribution >= 0.6 is 0 Å². The summed E-state index contributed by atoms with van der Waals surface area (Å²) in [6.07, 6.45) is 4.52. The minimum atomic E-state index is -3.09. The number of rotatable bonds is 11. The van der Waals surface area contributed by atoms with Gasteiger partial charge in [-0.15, -0.1) is 5.10 Å². The van der Waals surface area contributed by atoms with Crippen LogP contribution in [-0.4, -0.2) is 59.6 Å². The Morgan fingerprint density at radius 3 is 2.52 bits per heavy atom. The number of benzene rings is 3. The summed E-state index contributed by atoms with van der Waals surface area (Å²) in [4.78, 5) is 21.0. The Morgan fingerprint density at radius 2 is 1.70 bits per heavy atom. The first-order valence-electron chi connectivity index (χ1n) is 13.7. The molecular formula is C32H33F2N3O3. The number of halogens is 2. The van der Waals surface area contributed by atoms with Gasteiger partial charge in [0.1, 0.15) is 5.52 Å². The molecule has 1 aliphatic heterocycles. The van der Waals surface area contributed by atoms with E-state index in [-0.39, 0.29) is 6.42 Å². The minimum Gasteiger partial charge on any atom is -0.379 e. The van der Waals surface area contributed by atoms with Gasteiger partial charge in [0.25, 0.3) is 5.92 Å². The van der Waals surface area contributed by atoms with Crippen molar-refractivity contribution in [3.05, 3.63) is 102 Å². The molecule has 1 fully saturated rings. The van der Waals surface area contributed by atoms with Gasteiger partial charge in [-0.3, -0.25) is 4.90 Å². The first-order valence-corrected chi connectivity index (χ1v) is 13.7. The Kier molecular flexibility index (Phi) is 8.98. The third-order valence-electron chi connectivity index (χ3n) is 7.10. The number of ether oxygens (including phenoxy) is 1. The van der Waals surface area contributed by atoms with E-state index in [1.54, 1.807) is 12.3 Å². The Labute approximate surface area is 232 Å². The van der Waals surface area contributed by atoms with E-state index in [4.69, 9.17) is 9.57 Å². The van der Waals surface area contributed by atoms with Gasteiger partial charge in [0, 0.05) is 31.0 Å². The molecule has 0 atom stereocenters. The molecule has 1 saturated heterocycles. The molecule has 40 heavy (non-hydrogen) atoms. The van der Waals surface area contributed by atoms with Crippen molar-refractivity contribution in [3.8, 4) is 11.1 Å². The number of aromatic nitrogens is 2. The zero-order valence-electron chi connectivity index (χ0n) is 22.3. The monoisotopic (exact) mass is 545 g/mol. The topological polar surface area (TPSA) is 56.6 Å². The van der Waals surface area contributed by atoms with Crippen LogP contribution in [0.4, 0.5) is 8.78 Å². The maximum absolute atomic E-state index is 14.4. The molecule has 1 aromatic heterocycles. The lowest BCUT2D eigenvalue weighted by atomic mass is 9.93. The zero-order valence-corrected chi connectivity index (χ0v) is 22.3. The van der Waals surface area contributed by atoms with Crippen LogP contribution in [0.3, 0.4) is 0 Å². The second-order valence-corrected chi connectivity index (χ2v) is 9.99. The van der Waals surface area contributed by atoms with Crippen molar-refractivity contribution in [1.29, 1.82) is 0 Å². The molecule has 0 N–H and O–H groups in total. The van der Waals surface area contributed by atoms with Crippen LogP contribution in [0.5, 0.6) is 0 Å². The third kappa shape index (κ3) is 7.20. The van der Waals surface area contributed by atoms with E-state index in [9.17, 15) is 13.6 Å². The SMILES string of the molecule is O=C(C=CC(F)(F)CCCCN1CCOCC1)On1ncc2c(-c3ccccc3Cc3ccccc3)cccc21.